The standard InChI is InChI=1S/C47H24N10O2.2Pt/c1-3-7-39-33(5-1)35-13-9-29(21-41(35)55(39)45-17-19-48-25-51-45)58-31-11-15-37-38-16-12-32(24-44(38)57(43(37)23-31)47-53-27-50-28-54-47)59-30-10-14-36-34-6-2-4-8-40(34)56(42(36)22-30)46-18-20-49-26-52-46;;/h1-20,25-28H;;/q-4;2*+2. The quantitative estimate of drug-likeness (QED) is 0.144. The number of aromatic nitrogens is 10. The Hall–Kier alpha value is -7.13. The number of hydrogen-bond acceptors (Lipinski definition) is 9. The maximum Gasteiger partial charge on any atom is 2.00 e. The molecular weight excluding hydrogens is 1130 g/mol. The number of rotatable bonds is 7. The van der Waals surface area contributed by atoms with Crippen molar-refractivity contribution in [1.82, 2.24) is 48.6 Å². The van der Waals surface area contributed by atoms with Crippen LogP contribution in [0.15, 0.2) is 147 Å². The van der Waals surface area contributed by atoms with Gasteiger partial charge in [-0.2, -0.15) is 35.0 Å². The van der Waals surface area contributed by atoms with Gasteiger partial charge in [-0.15, -0.1) is 59.3 Å². The van der Waals surface area contributed by atoms with E-state index < -0.39 is 0 Å². The molecule has 14 heteroatoms. The van der Waals surface area contributed by atoms with Gasteiger partial charge in [0, 0.05) is 46.4 Å². The number of hydrogen-bond donors (Lipinski definition) is 0. The van der Waals surface area contributed by atoms with Gasteiger partial charge in [-0.25, -0.2) is 34.9 Å². The summed E-state index contributed by atoms with van der Waals surface area (Å²) in [5.74, 6) is 3.86. The maximum absolute atomic E-state index is 6.50. The SMILES string of the molecule is [Pt+2].[Pt+2].[c-]1c(Oc2[c-]c3c(cc2)c2ccccc2n3-c2ccncn2)ccc2c3ccc(Oc4[c-]c5c(cc4)c4ccccc4n5-c4ccncn4)[c-]c3n(-c3ncncn3)c12. The maximum atomic E-state index is 6.50. The second-order valence-corrected chi connectivity index (χ2v) is 13.7. The number of fused-ring (bicyclic) bond motifs is 9. The predicted molar refractivity (Wildman–Crippen MR) is 222 cm³/mol. The van der Waals surface area contributed by atoms with E-state index in [1.165, 1.54) is 12.7 Å². The first-order valence-corrected chi connectivity index (χ1v) is 18.6. The third kappa shape index (κ3) is 6.34. The molecule has 0 amide bonds. The van der Waals surface area contributed by atoms with Crippen LogP contribution in [0.2, 0.25) is 0 Å². The van der Waals surface area contributed by atoms with Crippen molar-refractivity contribution in [3.8, 4) is 40.6 Å². The summed E-state index contributed by atoms with van der Waals surface area (Å²) < 4.78 is 19.0. The molecule has 0 aliphatic carbocycles. The molecule has 0 saturated carbocycles. The third-order valence-corrected chi connectivity index (χ3v) is 10.4. The summed E-state index contributed by atoms with van der Waals surface area (Å²) in [6.45, 7) is 0. The van der Waals surface area contributed by atoms with Gasteiger partial charge in [-0.05, 0) is 35.0 Å². The molecule has 0 bridgehead atoms. The number of nitrogens with zero attached hydrogens (tertiary/aromatic N) is 10. The average molecular weight is 1150 g/mol. The minimum absolute atomic E-state index is 0. The van der Waals surface area contributed by atoms with Crippen molar-refractivity contribution in [2.45, 2.75) is 0 Å². The van der Waals surface area contributed by atoms with Crippen molar-refractivity contribution >= 4 is 65.4 Å². The molecular formula is C47H24N10O2Pt2. The van der Waals surface area contributed by atoms with Gasteiger partial charge in [-0.3, -0.25) is 0 Å². The van der Waals surface area contributed by atoms with Crippen molar-refractivity contribution in [3.05, 3.63) is 171 Å². The molecule has 6 aromatic heterocycles. The van der Waals surface area contributed by atoms with E-state index in [9.17, 15) is 0 Å². The number of benzene rings is 6. The third-order valence-electron chi connectivity index (χ3n) is 10.4. The van der Waals surface area contributed by atoms with Gasteiger partial charge in [0.25, 0.3) is 0 Å². The molecule has 6 heterocycles. The summed E-state index contributed by atoms with van der Waals surface area (Å²) in [5.41, 5.74) is 5.06. The number of ether oxygens (including phenoxy) is 2. The van der Waals surface area contributed by atoms with Crippen LogP contribution in [0.1, 0.15) is 0 Å². The molecule has 0 aliphatic rings. The minimum Gasteiger partial charge on any atom is -0.509 e. The van der Waals surface area contributed by atoms with Gasteiger partial charge < -0.3 is 23.2 Å². The van der Waals surface area contributed by atoms with E-state index >= 15 is 0 Å². The van der Waals surface area contributed by atoms with Gasteiger partial charge in [0.2, 0.25) is 5.95 Å². The minimum atomic E-state index is 0. The van der Waals surface area contributed by atoms with Gasteiger partial charge in [0.15, 0.2) is 0 Å². The molecule has 0 fully saturated rings. The van der Waals surface area contributed by atoms with Crippen LogP contribution in [0.3, 0.4) is 0 Å². The molecule has 0 spiro atoms. The largest absolute Gasteiger partial charge is 2.00 e. The van der Waals surface area contributed by atoms with Crippen LogP contribution < -0.4 is 9.47 Å². The molecule has 0 N–H and O–H groups in total. The molecule has 0 atom stereocenters. The summed E-state index contributed by atoms with van der Waals surface area (Å²) in [4.78, 5) is 30.4. The first-order chi connectivity index (χ1) is 29.2. The molecule has 0 unspecified atom stereocenters. The Balaban J connectivity index is 0.00000223. The van der Waals surface area contributed by atoms with Gasteiger partial charge >= 0.3 is 42.1 Å². The summed E-state index contributed by atoms with van der Waals surface area (Å²) in [5, 5.41) is 6.03. The Morgan fingerprint density at radius 1 is 0.361 bits per heavy atom. The summed E-state index contributed by atoms with van der Waals surface area (Å²) in [6, 6.07) is 49.8. The Bertz CT molecular complexity index is 3360. The number of para-hydroxylation sites is 2. The predicted octanol–water partition coefficient (Wildman–Crippen LogP) is 9.52. The Morgan fingerprint density at radius 2 is 0.738 bits per heavy atom. The topological polar surface area (TPSA) is 123 Å². The molecule has 12 aromatic rings. The zero-order chi connectivity index (χ0) is 38.9. The van der Waals surface area contributed by atoms with E-state index in [1.54, 1.807) is 25.0 Å². The summed E-state index contributed by atoms with van der Waals surface area (Å²) in [6.07, 6.45) is 9.46. The van der Waals surface area contributed by atoms with Gasteiger partial charge in [0.1, 0.15) is 36.9 Å². The van der Waals surface area contributed by atoms with Crippen molar-refractivity contribution in [2.75, 3.05) is 0 Å². The summed E-state index contributed by atoms with van der Waals surface area (Å²) in [7, 11) is 0. The van der Waals surface area contributed by atoms with Gasteiger partial charge in [-0.1, -0.05) is 58.5 Å². The first kappa shape index (κ1) is 38.1. The van der Waals surface area contributed by atoms with Crippen molar-refractivity contribution in [2.24, 2.45) is 0 Å². The van der Waals surface area contributed by atoms with Crippen LogP contribution in [-0.2, 0) is 42.1 Å². The van der Waals surface area contributed by atoms with Crippen molar-refractivity contribution < 1.29 is 51.6 Å². The van der Waals surface area contributed by atoms with Crippen LogP contribution in [0, 0.1) is 24.3 Å². The molecule has 0 saturated heterocycles. The smallest absolute Gasteiger partial charge is 0.509 e. The molecule has 0 aliphatic heterocycles. The van der Waals surface area contributed by atoms with E-state index in [2.05, 4.69) is 92.6 Å². The average Bonchev–Trinajstić information content (AvgIpc) is 3.92. The van der Waals surface area contributed by atoms with E-state index in [0.29, 0.717) is 40.0 Å². The van der Waals surface area contributed by atoms with E-state index in [0.717, 1.165) is 66.0 Å². The van der Waals surface area contributed by atoms with Crippen LogP contribution in [0.4, 0.5) is 0 Å². The normalized spacial score (nSPS) is 11.3. The molecule has 6 aromatic carbocycles. The fourth-order valence-electron chi connectivity index (χ4n) is 7.91. The summed E-state index contributed by atoms with van der Waals surface area (Å²) >= 11 is 0. The first-order valence-electron chi connectivity index (χ1n) is 18.6. The van der Waals surface area contributed by atoms with Crippen LogP contribution >= 0.6 is 0 Å². The molecule has 12 rings (SSSR count). The van der Waals surface area contributed by atoms with Crippen LogP contribution in [0.25, 0.3) is 83.0 Å². The fraction of sp³-hybridized carbons (Fsp3) is 0. The van der Waals surface area contributed by atoms with Crippen molar-refractivity contribution in [1.29, 1.82) is 0 Å². The van der Waals surface area contributed by atoms with Crippen LogP contribution in [-0.4, -0.2) is 48.6 Å². The fourth-order valence-corrected chi connectivity index (χ4v) is 7.91. The second kappa shape index (κ2) is 15.5. The zero-order valence-corrected chi connectivity index (χ0v) is 35.8. The van der Waals surface area contributed by atoms with E-state index in [1.807, 2.05) is 89.5 Å². The van der Waals surface area contributed by atoms with Crippen molar-refractivity contribution in [3.63, 3.8) is 0 Å². The molecule has 61 heavy (non-hydrogen) atoms. The van der Waals surface area contributed by atoms with Gasteiger partial charge in [0.05, 0.1) is 0 Å². The van der Waals surface area contributed by atoms with E-state index in [4.69, 9.17) is 9.47 Å². The Morgan fingerprint density at radius 3 is 1.15 bits per heavy atom. The second-order valence-electron chi connectivity index (χ2n) is 13.7. The Labute approximate surface area is 375 Å². The Kier molecular flexibility index (Phi) is 9.66. The van der Waals surface area contributed by atoms with E-state index in [-0.39, 0.29) is 42.1 Å². The monoisotopic (exact) mass is 1150 g/mol. The molecule has 12 nitrogen and oxygen atoms in total. The van der Waals surface area contributed by atoms with Crippen LogP contribution in [0.5, 0.6) is 23.0 Å². The molecule has 294 valence electrons. The zero-order valence-electron chi connectivity index (χ0n) is 31.3. The molecule has 0 radical (unpaired) electrons.